The lowest BCUT2D eigenvalue weighted by Crippen LogP contribution is -2.43. The second-order valence-corrected chi connectivity index (χ2v) is 6.93. The summed E-state index contributed by atoms with van der Waals surface area (Å²) in [6.45, 7) is 7.14. The van der Waals surface area contributed by atoms with Crippen molar-refractivity contribution in [3.05, 3.63) is 24.0 Å². The van der Waals surface area contributed by atoms with Crippen LogP contribution in [0.1, 0.15) is 56.1 Å². The van der Waals surface area contributed by atoms with Crippen LogP contribution in [0.3, 0.4) is 0 Å². The van der Waals surface area contributed by atoms with Crippen molar-refractivity contribution in [3.8, 4) is 0 Å². The molecule has 0 aromatic carbocycles. The van der Waals surface area contributed by atoms with Gasteiger partial charge < -0.3 is 14.8 Å². The molecule has 3 rings (SSSR count). The number of aromatic nitrogens is 1. The first-order valence-corrected chi connectivity index (χ1v) is 8.34. The molecule has 1 unspecified atom stereocenters. The van der Waals surface area contributed by atoms with E-state index in [0.29, 0.717) is 18.0 Å². The fraction of sp³-hybridized carbons (Fsp3) is 0.706. The molecule has 2 aliphatic rings. The molecule has 1 atom stereocenters. The van der Waals surface area contributed by atoms with Gasteiger partial charge >= 0.3 is 0 Å². The van der Waals surface area contributed by atoms with Gasteiger partial charge in [0.1, 0.15) is 5.69 Å². The van der Waals surface area contributed by atoms with Gasteiger partial charge in [0.25, 0.3) is 5.91 Å². The maximum absolute atomic E-state index is 13.0. The summed E-state index contributed by atoms with van der Waals surface area (Å²) in [5.41, 5.74) is 0.871. The SMILES string of the molecule is CC(C)CN(CC1CCCN1)C(=O)c1cccn1C1CC1. The average Bonchev–Trinajstić information content (AvgIpc) is 2.97. The van der Waals surface area contributed by atoms with Crippen molar-refractivity contribution in [2.75, 3.05) is 19.6 Å². The van der Waals surface area contributed by atoms with Gasteiger partial charge in [0.2, 0.25) is 0 Å². The molecular weight excluding hydrogens is 262 g/mol. The highest BCUT2D eigenvalue weighted by Crippen LogP contribution is 2.36. The van der Waals surface area contributed by atoms with Crippen LogP contribution in [0.4, 0.5) is 0 Å². The molecule has 1 amide bonds. The lowest BCUT2D eigenvalue weighted by molar-refractivity contribution is 0.0710. The van der Waals surface area contributed by atoms with Crippen molar-refractivity contribution in [1.29, 1.82) is 0 Å². The molecule has 2 heterocycles. The third-order valence-corrected chi connectivity index (χ3v) is 4.41. The van der Waals surface area contributed by atoms with E-state index in [1.807, 2.05) is 12.1 Å². The Hall–Kier alpha value is -1.29. The van der Waals surface area contributed by atoms with E-state index < -0.39 is 0 Å². The number of nitrogens with zero attached hydrogens (tertiary/aromatic N) is 2. The second kappa shape index (κ2) is 6.22. The Kier molecular flexibility index (Phi) is 4.34. The number of nitrogens with one attached hydrogen (secondary N) is 1. The van der Waals surface area contributed by atoms with E-state index in [4.69, 9.17) is 0 Å². The Morgan fingerprint density at radius 3 is 2.86 bits per heavy atom. The van der Waals surface area contributed by atoms with Crippen LogP contribution in [-0.2, 0) is 0 Å². The normalized spacial score (nSPS) is 22.0. The predicted octanol–water partition coefficient (Wildman–Crippen LogP) is 2.67. The van der Waals surface area contributed by atoms with E-state index in [1.54, 1.807) is 0 Å². The molecule has 1 saturated carbocycles. The van der Waals surface area contributed by atoms with Crippen molar-refractivity contribution >= 4 is 5.91 Å². The summed E-state index contributed by atoms with van der Waals surface area (Å²) < 4.78 is 2.18. The Bertz CT molecular complexity index is 484. The molecule has 4 heteroatoms. The molecule has 0 spiro atoms. The van der Waals surface area contributed by atoms with Gasteiger partial charge in [-0.1, -0.05) is 13.8 Å². The predicted molar refractivity (Wildman–Crippen MR) is 84.5 cm³/mol. The zero-order valence-corrected chi connectivity index (χ0v) is 13.2. The molecule has 0 radical (unpaired) electrons. The minimum absolute atomic E-state index is 0.203. The summed E-state index contributed by atoms with van der Waals surface area (Å²) in [7, 11) is 0. The number of hydrogen-bond acceptors (Lipinski definition) is 2. The topological polar surface area (TPSA) is 37.3 Å². The van der Waals surface area contributed by atoms with Gasteiger partial charge in [-0.3, -0.25) is 4.79 Å². The third kappa shape index (κ3) is 3.49. The van der Waals surface area contributed by atoms with Crippen LogP contribution in [-0.4, -0.2) is 41.1 Å². The molecule has 2 fully saturated rings. The lowest BCUT2D eigenvalue weighted by atomic mass is 10.1. The van der Waals surface area contributed by atoms with E-state index in [2.05, 4.69) is 34.8 Å². The van der Waals surface area contributed by atoms with Crippen LogP contribution in [0.15, 0.2) is 18.3 Å². The van der Waals surface area contributed by atoms with E-state index >= 15 is 0 Å². The zero-order chi connectivity index (χ0) is 14.8. The van der Waals surface area contributed by atoms with Gasteiger partial charge in [-0.05, 0) is 50.3 Å². The van der Waals surface area contributed by atoms with Crippen molar-refractivity contribution in [3.63, 3.8) is 0 Å². The first-order chi connectivity index (χ1) is 10.1. The van der Waals surface area contributed by atoms with Crippen LogP contribution in [0.25, 0.3) is 0 Å². The summed E-state index contributed by atoms with van der Waals surface area (Å²) in [6, 6.07) is 5.02. The van der Waals surface area contributed by atoms with E-state index in [1.165, 1.54) is 25.7 Å². The van der Waals surface area contributed by atoms with Crippen LogP contribution < -0.4 is 5.32 Å². The van der Waals surface area contributed by atoms with Gasteiger partial charge in [0.15, 0.2) is 0 Å². The van der Waals surface area contributed by atoms with Gasteiger partial charge in [-0.15, -0.1) is 0 Å². The molecule has 1 aromatic rings. The lowest BCUT2D eigenvalue weighted by Gasteiger charge is -2.28. The molecule has 1 N–H and O–H groups in total. The van der Waals surface area contributed by atoms with E-state index in [9.17, 15) is 4.79 Å². The van der Waals surface area contributed by atoms with Crippen LogP contribution in [0, 0.1) is 5.92 Å². The second-order valence-electron chi connectivity index (χ2n) is 6.93. The molecule has 116 valence electrons. The van der Waals surface area contributed by atoms with Crippen LogP contribution >= 0.6 is 0 Å². The minimum Gasteiger partial charge on any atom is -0.340 e. The summed E-state index contributed by atoms with van der Waals surface area (Å²) >= 11 is 0. The van der Waals surface area contributed by atoms with Crippen LogP contribution in [0.5, 0.6) is 0 Å². The zero-order valence-electron chi connectivity index (χ0n) is 13.2. The Balaban J connectivity index is 1.73. The number of hydrogen-bond donors (Lipinski definition) is 1. The highest BCUT2D eigenvalue weighted by molar-refractivity contribution is 5.93. The number of amides is 1. The highest BCUT2D eigenvalue weighted by Gasteiger charge is 2.29. The third-order valence-electron chi connectivity index (χ3n) is 4.41. The van der Waals surface area contributed by atoms with Crippen molar-refractivity contribution in [2.24, 2.45) is 5.92 Å². The molecule has 1 saturated heterocycles. The number of rotatable bonds is 6. The summed E-state index contributed by atoms with van der Waals surface area (Å²) in [4.78, 5) is 15.0. The first kappa shape index (κ1) is 14.6. The average molecular weight is 289 g/mol. The van der Waals surface area contributed by atoms with Crippen molar-refractivity contribution in [1.82, 2.24) is 14.8 Å². The molecule has 1 aliphatic carbocycles. The molecule has 1 aliphatic heterocycles. The van der Waals surface area contributed by atoms with Gasteiger partial charge in [0.05, 0.1) is 0 Å². The first-order valence-electron chi connectivity index (χ1n) is 8.34. The van der Waals surface area contributed by atoms with Crippen molar-refractivity contribution < 1.29 is 4.79 Å². The quantitative estimate of drug-likeness (QED) is 0.874. The molecular formula is C17H27N3O. The van der Waals surface area contributed by atoms with Crippen molar-refractivity contribution in [2.45, 2.75) is 51.6 Å². The summed E-state index contributed by atoms with van der Waals surface area (Å²) in [6.07, 6.45) is 6.90. The number of carbonyl (C=O) groups excluding carboxylic acids is 1. The molecule has 1 aromatic heterocycles. The fourth-order valence-corrected chi connectivity index (χ4v) is 3.27. The Labute approximate surface area is 127 Å². The summed E-state index contributed by atoms with van der Waals surface area (Å²) in [5.74, 6) is 0.703. The number of carbonyl (C=O) groups is 1. The maximum atomic E-state index is 13.0. The van der Waals surface area contributed by atoms with Gasteiger partial charge in [-0.2, -0.15) is 0 Å². The minimum atomic E-state index is 0.203. The maximum Gasteiger partial charge on any atom is 0.270 e. The van der Waals surface area contributed by atoms with Gasteiger partial charge in [-0.25, -0.2) is 0 Å². The molecule has 21 heavy (non-hydrogen) atoms. The Morgan fingerprint density at radius 2 is 2.24 bits per heavy atom. The van der Waals surface area contributed by atoms with Crippen LogP contribution in [0.2, 0.25) is 0 Å². The van der Waals surface area contributed by atoms with E-state index in [0.717, 1.165) is 25.3 Å². The highest BCUT2D eigenvalue weighted by atomic mass is 16.2. The molecule has 0 bridgehead atoms. The fourth-order valence-electron chi connectivity index (χ4n) is 3.27. The smallest absolute Gasteiger partial charge is 0.270 e. The Morgan fingerprint density at radius 1 is 1.43 bits per heavy atom. The largest absolute Gasteiger partial charge is 0.340 e. The summed E-state index contributed by atoms with van der Waals surface area (Å²) in [5, 5.41) is 3.51. The van der Waals surface area contributed by atoms with Gasteiger partial charge in [0, 0.05) is 31.4 Å². The monoisotopic (exact) mass is 289 g/mol. The molecule has 4 nitrogen and oxygen atoms in total. The standard InChI is InChI=1S/C17H27N3O/c1-13(2)11-19(12-14-5-3-9-18-14)17(21)16-6-4-10-20(16)15-7-8-15/h4,6,10,13-15,18H,3,5,7-9,11-12H2,1-2H3. The van der Waals surface area contributed by atoms with E-state index in [-0.39, 0.29) is 5.91 Å².